The Hall–Kier alpha value is -0.980. The van der Waals surface area contributed by atoms with Gasteiger partial charge >= 0.3 is 0 Å². The quantitative estimate of drug-likeness (QED) is 0.782. The first-order valence-corrected chi connectivity index (χ1v) is 4.98. The molecule has 0 aliphatic carbocycles. The first-order valence-electron chi connectivity index (χ1n) is 4.98. The van der Waals surface area contributed by atoms with Gasteiger partial charge in [0, 0.05) is 13.2 Å². The van der Waals surface area contributed by atoms with Crippen LogP contribution in [0.3, 0.4) is 0 Å². The summed E-state index contributed by atoms with van der Waals surface area (Å²) < 4.78 is 15.8. The lowest BCUT2D eigenvalue weighted by Crippen LogP contribution is -2.32. The molecule has 2 atom stereocenters. The molecule has 15 heavy (non-hydrogen) atoms. The molecule has 6 heteroatoms. The van der Waals surface area contributed by atoms with Gasteiger partial charge in [0.1, 0.15) is 12.7 Å². The summed E-state index contributed by atoms with van der Waals surface area (Å²) in [6.45, 7) is 0.881. The zero-order chi connectivity index (χ0) is 10.7. The molecule has 0 aromatic carbocycles. The number of nitrogens with zero attached hydrogens (tertiary/aromatic N) is 2. The largest absolute Gasteiger partial charge is 0.420 e. The van der Waals surface area contributed by atoms with Crippen molar-refractivity contribution in [3.63, 3.8) is 0 Å². The number of hydrogen-bond acceptors (Lipinski definition) is 6. The van der Waals surface area contributed by atoms with E-state index in [1.54, 1.807) is 7.11 Å². The van der Waals surface area contributed by atoms with Crippen molar-refractivity contribution >= 4 is 0 Å². The van der Waals surface area contributed by atoms with Gasteiger partial charge in [-0.2, -0.15) is 0 Å². The minimum atomic E-state index is -0.108. The SMILES string of the molecule is COCc1nnc([C@@H]2CC[C@@H](N)CO2)o1. The van der Waals surface area contributed by atoms with E-state index in [4.69, 9.17) is 19.6 Å². The standard InChI is InChI=1S/C9H15N3O3/c1-13-5-8-11-12-9(15-8)7-3-2-6(10)4-14-7/h6-7H,2-5,10H2,1H3/t6-,7+/m1/s1. The van der Waals surface area contributed by atoms with E-state index in [2.05, 4.69) is 10.2 Å². The second-order valence-corrected chi connectivity index (χ2v) is 3.63. The molecular formula is C9H15N3O3. The number of aromatic nitrogens is 2. The van der Waals surface area contributed by atoms with Crippen molar-refractivity contribution in [2.24, 2.45) is 5.73 Å². The minimum absolute atomic E-state index is 0.108. The van der Waals surface area contributed by atoms with Crippen LogP contribution in [-0.4, -0.2) is 30.0 Å². The van der Waals surface area contributed by atoms with E-state index in [9.17, 15) is 0 Å². The highest BCUT2D eigenvalue weighted by Crippen LogP contribution is 2.26. The molecule has 1 aromatic rings. The predicted octanol–water partition coefficient (Wildman–Crippen LogP) is 0.395. The third kappa shape index (κ3) is 2.53. The number of methoxy groups -OCH3 is 1. The van der Waals surface area contributed by atoms with E-state index >= 15 is 0 Å². The summed E-state index contributed by atoms with van der Waals surface area (Å²) >= 11 is 0. The molecule has 1 saturated heterocycles. The van der Waals surface area contributed by atoms with Crippen molar-refractivity contribution in [3.8, 4) is 0 Å². The zero-order valence-corrected chi connectivity index (χ0v) is 8.68. The number of hydrogen-bond donors (Lipinski definition) is 1. The average molecular weight is 213 g/mol. The van der Waals surface area contributed by atoms with E-state index in [0.717, 1.165) is 12.8 Å². The maximum absolute atomic E-state index is 5.72. The molecular weight excluding hydrogens is 198 g/mol. The highest BCUT2D eigenvalue weighted by molar-refractivity contribution is 4.89. The van der Waals surface area contributed by atoms with E-state index < -0.39 is 0 Å². The molecule has 6 nitrogen and oxygen atoms in total. The fourth-order valence-electron chi connectivity index (χ4n) is 1.55. The van der Waals surface area contributed by atoms with Crippen molar-refractivity contribution in [2.75, 3.05) is 13.7 Å². The molecule has 2 N–H and O–H groups in total. The van der Waals surface area contributed by atoms with Crippen molar-refractivity contribution in [1.82, 2.24) is 10.2 Å². The second kappa shape index (κ2) is 4.69. The van der Waals surface area contributed by atoms with E-state index in [1.165, 1.54) is 0 Å². The molecule has 0 unspecified atom stereocenters. The first kappa shape index (κ1) is 10.5. The molecule has 1 aliphatic rings. The van der Waals surface area contributed by atoms with Gasteiger partial charge in [-0.25, -0.2) is 0 Å². The molecule has 0 saturated carbocycles. The smallest absolute Gasteiger partial charge is 0.245 e. The Morgan fingerprint density at radius 2 is 2.33 bits per heavy atom. The van der Waals surface area contributed by atoms with E-state index in [0.29, 0.717) is 25.0 Å². The molecule has 1 aliphatic heterocycles. The summed E-state index contributed by atoms with van der Waals surface area (Å²) in [6.07, 6.45) is 1.64. The molecule has 2 rings (SSSR count). The Morgan fingerprint density at radius 3 is 3.00 bits per heavy atom. The lowest BCUT2D eigenvalue weighted by molar-refractivity contribution is -0.0126. The van der Waals surface area contributed by atoms with Crippen LogP contribution in [0, 0.1) is 0 Å². The minimum Gasteiger partial charge on any atom is -0.420 e. The van der Waals surface area contributed by atoms with Crippen LogP contribution in [0.1, 0.15) is 30.7 Å². The maximum atomic E-state index is 5.72. The molecule has 0 bridgehead atoms. The summed E-state index contributed by atoms with van der Waals surface area (Å²) in [5, 5.41) is 7.77. The molecule has 84 valence electrons. The Labute approximate surface area is 87.7 Å². The van der Waals surface area contributed by atoms with Crippen LogP contribution in [0.5, 0.6) is 0 Å². The Morgan fingerprint density at radius 1 is 1.47 bits per heavy atom. The molecule has 1 aromatic heterocycles. The average Bonchev–Trinajstić information content (AvgIpc) is 2.68. The Bertz CT molecular complexity index is 307. The normalized spacial score (nSPS) is 26.8. The van der Waals surface area contributed by atoms with Crippen molar-refractivity contribution < 1.29 is 13.9 Å². The van der Waals surface area contributed by atoms with Crippen molar-refractivity contribution in [1.29, 1.82) is 0 Å². The zero-order valence-electron chi connectivity index (χ0n) is 8.68. The van der Waals surface area contributed by atoms with Crippen molar-refractivity contribution in [3.05, 3.63) is 11.8 Å². The van der Waals surface area contributed by atoms with E-state index in [-0.39, 0.29) is 12.1 Å². The molecule has 1 fully saturated rings. The topological polar surface area (TPSA) is 83.4 Å². The summed E-state index contributed by atoms with van der Waals surface area (Å²) in [5.41, 5.74) is 5.72. The van der Waals surface area contributed by atoms with Gasteiger partial charge in [-0.1, -0.05) is 0 Å². The van der Waals surface area contributed by atoms with Gasteiger partial charge < -0.3 is 19.6 Å². The lowest BCUT2D eigenvalue weighted by atomic mass is 10.1. The van der Waals surface area contributed by atoms with Crippen molar-refractivity contribution in [2.45, 2.75) is 31.6 Å². The summed E-state index contributed by atoms with van der Waals surface area (Å²) in [7, 11) is 1.58. The highest BCUT2D eigenvalue weighted by Gasteiger charge is 2.25. The third-order valence-electron chi connectivity index (χ3n) is 2.34. The monoisotopic (exact) mass is 213 g/mol. The molecule has 0 spiro atoms. The van der Waals surface area contributed by atoms with Crippen LogP contribution in [-0.2, 0) is 16.1 Å². The van der Waals surface area contributed by atoms with Gasteiger partial charge in [0.2, 0.25) is 11.8 Å². The van der Waals surface area contributed by atoms with Gasteiger partial charge in [-0.05, 0) is 12.8 Å². The van der Waals surface area contributed by atoms with Gasteiger partial charge in [-0.15, -0.1) is 10.2 Å². The van der Waals surface area contributed by atoms with Crippen LogP contribution in [0.25, 0.3) is 0 Å². The number of nitrogens with two attached hydrogens (primary N) is 1. The number of ether oxygens (including phenoxy) is 2. The van der Waals surface area contributed by atoms with Crippen LogP contribution < -0.4 is 5.73 Å². The maximum Gasteiger partial charge on any atom is 0.245 e. The van der Waals surface area contributed by atoms with Crippen LogP contribution >= 0.6 is 0 Å². The van der Waals surface area contributed by atoms with Gasteiger partial charge in [0.25, 0.3) is 0 Å². The summed E-state index contributed by atoms with van der Waals surface area (Å²) in [5.74, 6) is 1.000. The molecule has 2 heterocycles. The molecule has 0 amide bonds. The third-order valence-corrected chi connectivity index (χ3v) is 2.34. The lowest BCUT2D eigenvalue weighted by Gasteiger charge is -2.23. The van der Waals surface area contributed by atoms with E-state index in [1.807, 2.05) is 0 Å². The number of rotatable bonds is 3. The fraction of sp³-hybridized carbons (Fsp3) is 0.778. The van der Waals surface area contributed by atoms with Crippen LogP contribution in [0.15, 0.2) is 4.42 Å². The van der Waals surface area contributed by atoms with Crippen LogP contribution in [0.2, 0.25) is 0 Å². The van der Waals surface area contributed by atoms with Crippen LogP contribution in [0.4, 0.5) is 0 Å². The fourth-order valence-corrected chi connectivity index (χ4v) is 1.55. The van der Waals surface area contributed by atoms with Gasteiger partial charge in [-0.3, -0.25) is 0 Å². The van der Waals surface area contributed by atoms with Gasteiger partial charge in [0.05, 0.1) is 6.61 Å². The Balaban J connectivity index is 1.96. The van der Waals surface area contributed by atoms with Gasteiger partial charge in [0.15, 0.2) is 0 Å². The Kier molecular flexibility index (Phi) is 3.30. The summed E-state index contributed by atoms with van der Waals surface area (Å²) in [6, 6.07) is 0.127. The first-order chi connectivity index (χ1) is 7.29. The summed E-state index contributed by atoms with van der Waals surface area (Å²) in [4.78, 5) is 0. The predicted molar refractivity (Wildman–Crippen MR) is 50.9 cm³/mol. The highest BCUT2D eigenvalue weighted by atomic mass is 16.5. The second-order valence-electron chi connectivity index (χ2n) is 3.63. The molecule has 0 radical (unpaired) electrons.